The van der Waals surface area contributed by atoms with Crippen molar-refractivity contribution in [1.82, 2.24) is 4.98 Å². The lowest BCUT2D eigenvalue weighted by Crippen LogP contribution is -2.16. The Balaban J connectivity index is 3.50. The highest BCUT2D eigenvalue weighted by Gasteiger charge is 2.41. The number of hydrogen-bond acceptors (Lipinski definition) is 2. The zero-order chi connectivity index (χ0) is 12.5. The summed E-state index contributed by atoms with van der Waals surface area (Å²) in [5, 5.41) is 8.50. The van der Waals surface area contributed by atoms with Crippen molar-refractivity contribution in [3.63, 3.8) is 0 Å². The molecule has 90 valence electrons. The van der Waals surface area contributed by atoms with Gasteiger partial charge in [0.15, 0.2) is 0 Å². The van der Waals surface area contributed by atoms with E-state index in [1.54, 1.807) is 0 Å². The number of halogens is 6. The molecule has 1 heterocycles. The van der Waals surface area contributed by atoms with Crippen LogP contribution in [0.5, 0.6) is 0 Å². The van der Waals surface area contributed by atoms with Gasteiger partial charge in [0.2, 0.25) is 0 Å². The lowest BCUT2D eigenvalue weighted by Gasteiger charge is -2.13. The number of aliphatic hydroxyl groups is 1. The lowest BCUT2D eigenvalue weighted by atomic mass is 10.1. The minimum absolute atomic E-state index is 0.450. The number of aromatic nitrogens is 1. The summed E-state index contributed by atoms with van der Waals surface area (Å²) in [6.45, 7) is -1.05. The molecular weight excluding hydrogens is 240 g/mol. The van der Waals surface area contributed by atoms with Crippen molar-refractivity contribution in [2.75, 3.05) is 0 Å². The standard InChI is InChI=1S/C8H5F6NO/c9-5-3(2-16)1-15-6(7(10)11)4(5)8(12,13)14/h1,7,16H,2H2. The van der Waals surface area contributed by atoms with Gasteiger partial charge in [0, 0.05) is 11.8 Å². The molecule has 0 aromatic carbocycles. The molecule has 0 radical (unpaired) electrons. The Hall–Kier alpha value is -1.31. The number of hydrogen-bond donors (Lipinski definition) is 1. The molecule has 0 unspecified atom stereocenters. The number of rotatable bonds is 2. The quantitative estimate of drug-likeness (QED) is 0.812. The summed E-state index contributed by atoms with van der Waals surface area (Å²) >= 11 is 0. The first-order valence-corrected chi connectivity index (χ1v) is 3.92. The van der Waals surface area contributed by atoms with Crippen LogP contribution in [0.15, 0.2) is 6.20 Å². The van der Waals surface area contributed by atoms with Crippen LogP contribution in [0.3, 0.4) is 0 Å². The Kier molecular flexibility index (Phi) is 3.41. The van der Waals surface area contributed by atoms with Crippen LogP contribution >= 0.6 is 0 Å². The Labute approximate surface area is 85.5 Å². The van der Waals surface area contributed by atoms with E-state index in [9.17, 15) is 26.3 Å². The SMILES string of the molecule is OCc1cnc(C(F)F)c(C(F)(F)F)c1F. The van der Waals surface area contributed by atoms with Gasteiger partial charge >= 0.3 is 6.18 Å². The largest absolute Gasteiger partial charge is 0.421 e. The monoisotopic (exact) mass is 245 g/mol. The summed E-state index contributed by atoms with van der Waals surface area (Å²) in [5.41, 5.74) is -4.59. The fourth-order valence-corrected chi connectivity index (χ4v) is 1.09. The van der Waals surface area contributed by atoms with Crippen LogP contribution in [0.2, 0.25) is 0 Å². The van der Waals surface area contributed by atoms with Gasteiger partial charge in [-0.15, -0.1) is 0 Å². The molecule has 0 saturated heterocycles. The first kappa shape index (κ1) is 12.8. The average molecular weight is 245 g/mol. The van der Waals surface area contributed by atoms with Crippen molar-refractivity contribution < 1.29 is 31.4 Å². The number of alkyl halides is 5. The minimum Gasteiger partial charge on any atom is -0.392 e. The third-order valence-electron chi connectivity index (χ3n) is 1.78. The maximum absolute atomic E-state index is 13.1. The minimum atomic E-state index is -5.28. The molecule has 0 bridgehead atoms. The van der Waals surface area contributed by atoms with Crippen molar-refractivity contribution in [1.29, 1.82) is 0 Å². The van der Waals surface area contributed by atoms with E-state index in [0.29, 0.717) is 6.20 Å². The average Bonchev–Trinajstić information content (AvgIpc) is 2.14. The van der Waals surface area contributed by atoms with Gasteiger partial charge in [0.1, 0.15) is 17.1 Å². The molecule has 2 nitrogen and oxygen atoms in total. The highest BCUT2D eigenvalue weighted by atomic mass is 19.4. The van der Waals surface area contributed by atoms with Gasteiger partial charge in [0.25, 0.3) is 6.43 Å². The van der Waals surface area contributed by atoms with Crippen molar-refractivity contribution in [3.8, 4) is 0 Å². The number of nitrogens with zero attached hydrogens (tertiary/aromatic N) is 1. The third-order valence-corrected chi connectivity index (χ3v) is 1.78. The summed E-state index contributed by atoms with van der Waals surface area (Å²) in [4.78, 5) is 2.81. The van der Waals surface area contributed by atoms with E-state index in [2.05, 4.69) is 4.98 Å². The fourth-order valence-electron chi connectivity index (χ4n) is 1.09. The van der Waals surface area contributed by atoms with Gasteiger partial charge in [-0.2, -0.15) is 13.2 Å². The first-order valence-electron chi connectivity index (χ1n) is 3.92. The molecule has 1 rings (SSSR count). The molecular formula is C8H5F6NO. The van der Waals surface area contributed by atoms with Gasteiger partial charge in [0.05, 0.1) is 6.61 Å². The van der Waals surface area contributed by atoms with E-state index in [-0.39, 0.29) is 0 Å². The molecule has 0 amide bonds. The second-order valence-electron chi connectivity index (χ2n) is 2.81. The third kappa shape index (κ3) is 2.26. The molecule has 0 spiro atoms. The summed E-state index contributed by atoms with van der Waals surface area (Å²) < 4.78 is 74.4. The molecule has 0 aliphatic heterocycles. The molecule has 0 aliphatic carbocycles. The second kappa shape index (κ2) is 4.28. The van der Waals surface area contributed by atoms with E-state index < -0.39 is 41.8 Å². The topological polar surface area (TPSA) is 33.1 Å². The molecule has 1 N–H and O–H groups in total. The molecule has 16 heavy (non-hydrogen) atoms. The Morgan fingerprint density at radius 1 is 1.31 bits per heavy atom. The molecule has 1 aromatic heterocycles. The lowest BCUT2D eigenvalue weighted by molar-refractivity contribution is -0.142. The predicted octanol–water partition coefficient (Wildman–Crippen LogP) is 2.67. The molecule has 0 saturated carbocycles. The number of aliphatic hydroxyl groups excluding tert-OH is 1. The highest BCUT2D eigenvalue weighted by molar-refractivity contribution is 5.30. The Morgan fingerprint density at radius 3 is 2.25 bits per heavy atom. The second-order valence-corrected chi connectivity index (χ2v) is 2.81. The van der Waals surface area contributed by atoms with Gasteiger partial charge in [-0.3, -0.25) is 4.98 Å². The van der Waals surface area contributed by atoms with E-state index in [4.69, 9.17) is 5.11 Å². The maximum Gasteiger partial charge on any atom is 0.421 e. The summed E-state index contributed by atoms with van der Waals surface area (Å²) in [6.07, 6.45) is -8.38. The van der Waals surface area contributed by atoms with Gasteiger partial charge in [-0.05, 0) is 0 Å². The predicted molar refractivity (Wildman–Crippen MR) is 40.1 cm³/mol. The van der Waals surface area contributed by atoms with Crippen molar-refractivity contribution in [3.05, 3.63) is 28.8 Å². The fraction of sp³-hybridized carbons (Fsp3) is 0.375. The molecule has 0 atom stereocenters. The van der Waals surface area contributed by atoms with E-state index in [0.717, 1.165) is 0 Å². The van der Waals surface area contributed by atoms with Crippen LogP contribution < -0.4 is 0 Å². The van der Waals surface area contributed by atoms with E-state index >= 15 is 0 Å². The van der Waals surface area contributed by atoms with Gasteiger partial charge in [-0.1, -0.05) is 0 Å². The van der Waals surface area contributed by atoms with Crippen molar-refractivity contribution in [2.45, 2.75) is 19.2 Å². The zero-order valence-corrected chi connectivity index (χ0v) is 7.52. The summed E-state index contributed by atoms with van der Waals surface area (Å²) in [5.74, 6) is -1.92. The van der Waals surface area contributed by atoms with Crippen LogP contribution in [0.4, 0.5) is 26.3 Å². The Bertz CT molecular complexity index is 389. The van der Waals surface area contributed by atoms with Crippen LogP contribution in [0.1, 0.15) is 23.2 Å². The highest BCUT2D eigenvalue weighted by Crippen LogP contribution is 2.37. The van der Waals surface area contributed by atoms with Crippen molar-refractivity contribution >= 4 is 0 Å². The van der Waals surface area contributed by atoms with Crippen LogP contribution in [-0.4, -0.2) is 10.1 Å². The van der Waals surface area contributed by atoms with Gasteiger partial charge < -0.3 is 5.11 Å². The summed E-state index contributed by atoms with van der Waals surface area (Å²) in [6, 6.07) is 0. The molecule has 0 aliphatic rings. The number of pyridine rings is 1. The zero-order valence-electron chi connectivity index (χ0n) is 7.52. The van der Waals surface area contributed by atoms with Crippen LogP contribution in [0, 0.1) is 5.82 Å². The van der Waals surface area contributed by atoms with E-state index in [1.165, 1.54) is 0 Å². The first-order chi connectivity index (χ1) is 7.29. The van der Waals surface area contributed by atoms with Crippen LogP contribution in [-0.2, 0) is 12.8 Å². The van der Waals surface area contributed by atoms with Gasteiger partial charge in [-0.25, -0.2) is 13.2 Å². The molecule has 0 fully saturated rings. The molecule has 1 aromatic rings. The van der Waals surface area contributed by atoms with E-state index in [1.807, 2.05) is 0 Å². The normalized spacial score (nSPS) is 12.2. The summed E-state index contributed by atoms with van der Waals surface area (Å²) in [7, 11) is 0. The van der Waals surface area contributed by atoms with Crippen LogP contribution in [0.25, 0.3) is 0 Å². The van der Waals surface area contributed by atoms with Crippen molar-refractivity contribution in [2.24, 2.45) is 0 Å². The maximum atomic E-state index is 13.1. The smallest absolute Gasteiger partial charge is 0.392 e. The Morgan fingerprint density at radius 2 is 1.88 bits per heavy atom. The molecule has 8 heteroatoms.